The molecule has 2 aromatic rings. The van der Waals surface area contributed by atoms with Gasteiger partial charge in [-0.15, -0.1) is 24.5 Å². The lowest BCUT2D eigenvalue weighted by molar-refractivity contribution is -0.274. The molecular weight excluding hydrogens is 275 g/mol. The van der Waals surface area contributed by atoms with Gasteiger partial charge in [-0.1, -0.05) is 0 Å². The summed E-state index contributed by atoms with van der Waals surface area (Å²) >= 11 is 1.53. The Bertz CT molecular complexity index is 578. The highest BCUT2D eigenvalue weighted by molar-refractivity contribution is 7.15. The number of ether oxygens (including phenoxy) is 1. The molecule has 0 saturated heterocycles. The zero-order valence-corrected chi connectivity index (χ0v) is 10.9. The monoisotopic (exact) mass is 287 g/mol. The molecule has 0 unspecified atom stereocenters. The van der Waals surface area contributed by atoms with Gasteiger partial charge in [0.05, 0.1) is 0 Å². The SMILES string of the molecule is Cc1cc(-c2ccc(CN)s2)ccc1OC(F)(F)F. The molecule has 2 N–H and O–H groups in total. The normalized spacial score (nSPS) is 11.6. The van der Waals surface area contributed by atoms with Gasteiger partial charge < -0.3 is 10.5 Å². The highest BCUT2D eigenvalue weighted by atomic mass is 32.1. The van der Waals surface area contributed by atoms with Crippen molar-refractivity contribution in [3.8, 4) is 16.2 Å². The molecule has 0 spiro atoms. The molecule has 19 heavy (non-hydrogen) atoms. The van der Waals surface area contributed by atoms with E-state index < -0.39 is 6.36 Å². The lowest BCUT2D eigenvalue weighted by Gasteiger charge is -2.12. The molecule has 0 aliphatic heterocycles. The smallest absolute Gasteiger partial charge is 0.406 e. The van der Waals surface area contributed by atoms with Gasteiger partial charge in [0, 0.05) is 16.3 Å². The standard InChI is InChI=1S/C13H12F3NOS/c1-8-6-9(12-5-3-10(7-17)19-12)2-4-11(8)18-13(14,15)16/h2-6H,7,17H2,1H3. The number of halogens is 3. The number of alkyl halides is 3. The fraction of sp³-hybridized carbons (Fsp3) is 0.231. The van der Waals surface area contributed by atoms with Crippen molar-refractivity contribution in [2.24, 2.45) is 5.73 Å². The molecule has 0 saturated carbocycles. The molecule has 1 aromatic carbocycles. The quantitative estimate of drug-likeness (QED) is 0.923. The van der Waals surface area contributed by atoms with E-state index in [4.69, 9.17) is 5.73 Å². The minimum Gasteiger partial charge on any atom is -0.406 e. The maximum Gasteiger partial charge on any atom is 0.573 e. The van der Waals surface area contributed by atoms with E-state index in [0.717, 1.165) is 15.3 Å². The minimum atomic E-state index is -4.66. The lowest BCUT2D eigenvalue weighted by atomic mass is 10.1. The predicted molar refractivity (Wildman–Crippen MR) is 69.1 cm³/mol. The Hall–Kier alpha value is -1.53. The predicted octanol–water partition coefficient (Wildman–Crippen LogP) is 4.08. The molecule has 0 bridgehead atoms. The Morgan fingerprint density at radius 1 is 1.21 bits per heavy atom. The molecule has 0 aliphatic carbocycles. The van der Waals surface area contributed by atoms with Crippen molar-refractivity contribution in [3.05, 3.63) is 40.8 Å². The number of rotatable bonds is 3. The number of aryl methyl sites for hydroxylation is 1. The van der Waals surface area contributed by atoms with Crippen molar-refractivity contribution in [1.82, 2.24) is 0 Å². The van der Waals surface area contributed by atoms with E-state index in [-0.39, 0.29) is 5.75 Å². The summed E-state index contributed by atoms with van der Waals surface area (Å²) in [6, 6.07) is 8.44. The van der Waals surface area contributed by atoms with Gasteiger partial charge in [0.25, 0.3) is 0 Å². The summed E-state index contributed by atoms with van der Waals surface area (Å²) in [6.45, 7) is 2.04. The van der Waals surface area contributed by atoms with E-state index in [2.05, 4.69) is 4.74 Å². The molecular formula is C13H12F3NOS. The van der Waals surface area contributed by atoms with Crippen molar-refractivity contribution in [2.45, 2.75) is 19.8 Å². The van der Waals surface area contributed by atoms with Crippen LogP contribution in [0.5, 0.6) is 5.75 Å². The molecule has 1 heterocycles. The van der Waals surface area contributed by atoms with Gasteiger partial charge >= 0.3 is 6.36 Å². The molecule has 1 aromatic heterocycles. The third-order valence-electron chi connectivity index (χ3n) is 2.55. The largest absolute Gasteiger partial charge is 0.573 e. The molecule has 102 valence electrons. The summed E-state index contributed by atoms with van der Waals surface area (Å²) in [5, 5.41) is 0. The summed E-state index contributed by atoms with van der Waals surface area (Å²) < 4.78 is 40.4. The van der Waals surface area contributed by atoms with Crippen LogP contribution in [0.15, 0.2) is 30.3 Å². The summed E-state index contributed by atoms with van der Waals surface area (Å²) in [5.41, 5.74) is 6.83. The summed E-state index contributed by atoms with van der Waals surface area (Å²) in [6.07, 6.45) is -4.66. The molecule has 2 rings (SSSR count). The van der Waals surface area contributed by atoms with Gasteiger partial charge in [0.1, 0.15) is 5.75 Å². The molecule has 0 atom stereocenters. The second-order valence-electron chi connectivity index (χ2n) is 4.00. The molecule has 0 radical (unpaired) electrons. The van der Waals surface area contributed by atoms with Gasteiger partial charge in [-0.2, -0.15) is 0 Å². The Morgan fingerprint density at radius 2 is 1.95 bits per heavy atom. The van der Waals surface area contributed by atoms with Gasteiger partial charge in [0.2, 0.25) is 0 Å². The van der Waals surface area contributed by atoms with Crippen LogP contribution in [-0.2, 0) is 6.54 Å². The van der Waals surface area contributed by atoms with Crippen molar-refractivity contribution in [3.63, 3.8) is 0 Å². The van der Waals surface area contributed by atoms with Crippen LogP contribution in [0.2, 0.25) is 0 Å². The van der Waals surface area contributed by atoms with Crippen LogP contribution < -0.4 is 10.5 Å². The Balaban J connectivity index is 2.28. The lowest BCUT2D eigenvalue weighted by Crippen LogP contribution is -2.17. The van der Waals surface area contributed by atoms with Crippen molar-refractivity contribution >= 4 is 11.3 Å². The van der Waals surface area contributed by atoms with Gasteiger partial charge in [-0.25, -0.2) is 0 Å². The van der Waals surface area contributed by atoms with Crippen molar-refractivity contribution < 1.29 is 17.9 Å². The molecule has 0 aliphatic rings. The average Bonchev–Trinajstić information content (AvgIpc) is 2.79. The second-order valence-corrected chi connectivity index (χ2v) is 5.17. The zero-order chi connectivity index (χ0) is 14.0. The number of benzene rings is 1. The van der Waals surface area contributed by atoms with Gasteiger partial charge in [-0.05, 0) is 48.4 Å². The van der Waals surface area contributed by atoms with E-state index in [1.807, 2.05) is 12.1 Å². The minimum absolute atomic E-state index is 0.174. The summed E-state index contributed by atoms with van der Waals surface area (Å²) in [4.78, 5) is 2.00. The Morgan fingerprint density at radius 3 is 2.47 bits per heavy atom. The summed E-state index contributed by atoms with van der Waals surface area (Å²) in [5.74, 6) is -0.174. The Kier molecular flexibility index (Phi) is 3.82. The van der Waals surface area contributed by atoms with Crippen molar-refractivity contribution in [1.29, 1.82) is 0 Å². The van der Waals surface area contributed by atoms with Crippen LogP contribution in [0.3, 0.4) is 0 Å². The van der Waals surface area contributed by atoms with Crippen LogP contribution >= 0.6 is 11.3 Å². The topological polar surface area (TPSA) is 35.2 Å². The number of hydrogen-bond acceptors (Lipinski definition) is 3. The van der Waals surface area contributed by atoms with E-state index in [0.29, 0.717) is 12.1 Å². The van der Waals surface area contributed by atoms with E-state index in [9.17, 15) is 13.2 Å². The average molecular weight is 287 g/mol. The van der Waals surface area contributed by atoms with E-state index in [1.54, 1.807) is 19.1 Å². The molecule has 0 amide bonds. The van der Waals surface area contributed by atoms with E-state index in [1.165, 1.54) is 17.4 Å². The van der Waals surface area contributed by atoms with Gasteiger partial charge in [-0.3, -0.25) is 0 Å². The zero-order valence-electron chi connectivity index (χ0n) is 10.1. The number of nitrogens with two attached hydrogens (primary N) is 1. The van der Waals surface area contributed by atoms with Crippen LogP contribution in [0.1, 0.15) is 10.4 Å². The second kappa shape index (κ2) is 5.22. The summed E-state index contributed by atoms with van der Waals surface area (Å²) in [7, 11) is 0. The third-order valence-corrected chi connectivity index (χ3v) is 3.70. The third kappa shape index (κ3) is 3.48. The fourth-order valence-corrected chi connectivity index (χ4v) is 2.57. The maximum absolute atomic E-state index is 12.2. The number of thiophene rings is 1. The molecule has 2 nitrogen and oxygen atoms in total. The maximum atomic E-state index is 12.2. The van der Waals surface area contributed by atoms with Gasteiger partial charge in [0.15, 0.2) is 0 Å². The van der Waals surface area contributed by atoms with Crippen molar-refractivity contribution in [2.75, 3.05) is 0 Å². The van der Waals surface area contributed by atoms with Crippen LogP contribution in [0, 0.1) is 6.92 Å². The van der Waals surface area contributed by atoms with Crippen LogP contribution in [0.25, 0.3) is 10.4 Å². The first-order valence-corrected chi connectivity index (χ1v) is 6.36. The molecule has 6 heteroatoms. The first kappa shape index (κ1) is 13.9. The van der Waals surface area contributed by atoms with Crippen LogP contribution in [0.4, 0.5) is 13.2 Å². The first-order valence-electron chi connectivity index (χ1n) is 5.54. The number of hydrogen-bond donors (Lipinski definition) is 1. The first-order chi connectivity index (χ1) is 8.89. The van der Waals surface area contributed by atoms with Crippen LogP contribution in [-0.4, -0.2) is 6.36 Å². The van der Waals surface area contributed by atoms with E-state index >= 15 is 0 Å². The fourth-order valence-electron chi connectivity index (χ4n) is 1.68. The highest BCUT2D eigenvalue weighted by Gasteiger charge is 2.31. The highest BCUT2D eigenvalue weighted by Crippen LogP contribution is 2.33. The molecule has 0 fully saturated rings. The Labute approximate surface area is 112 Å².